The van der Waals surface area contributed by atoms with Crippen molar-refractivity contribution in [1.82, 2.24) is 10.3 Å². The van der Waals surface area contributed by atoms with Gasteiger partial charge in [0.05, 0.1) is 6.61 Å². The van der Waals surface area contributed by atoms with Crippen LogP contribution < -0.4 is 15.8 Å². The van der Waals surface area contributed by atoms with E-state index in [1.807, 2.05) is 0 Å². The number of ether oxygens (including phenoxy) is 1. The Morgan fingerprint density at radius 1 is 1.38 bits per heavy atom. The van der Waals surface area contributed by atoms with Crippen LogP contribution in [-0.4, -0.2) is 24.0 Å². The molecule has 1 heterocycles. The lowest BCUT2D eigenvalue weighted by Crippen LogP contribution is -2.25. The van der Waals surface area contributed by atoms with Gasteiger partial charge in [0.2, 0.25) is 0 Å². The fraction of sp³-hybridized carbons (Fsp3) is 0.286. The monoisotopic (exact) mass is 309 g/mol. The lowest BCUT2D eigenvalue weighted by atomic mass is 10.3. The van der Waals surface area contributed by atoms with Crippen molar-refractivity contribution in [3.8, 4) is 5.75 Å². The van der Waals surface area contributed by atoms with E-state index in [0.717, 1.165) is 5.01 Å². The summed E-state index contributed by atoms with van der Waals surface area (Å²) in [5.41, 5.74) is 5.83. The third kappa shape index (κ3) is 4.80. The number of benzene rings is 1. The molecule has 0 unspecified atom stereocenters. The number of nitrogens with one attached hydrogen (secondary N) is 1. The lowest BCUT2D eigenvalue weighted by molar-refractivity contribution is 0.0947. The van der Waals surface area contributed by atoms with Gasteiger partial charge in [-0.1, -0.05) is 0 Å². The van der Waals surface area contributed by atoms with Gasteiger partial charge in [-0.15, -0.1) is 11.3 Å². The fourth-order valence-electron chi connectivity index (χ4n) is 1.59. The van der Waals surface area contributed by atoms with Gasteiger partial charge < -0.3 is 15.8 Å². The van der Waals surface area contributed by atoms with Crippen LogP contribution in [0.5, 0.6) is 5.75 Å². The van der Waals surface area contributed by atoms with Crippen molar-refractivity contribution >= 4 is 17.2 Å². The zero-order valence-electron chi connectivity index (χ0n) is 11.3. The first kappa shape index (κ1) is 15.4. The highest BCUT2D eigenvalue weighted by atomic mass is 32.1. The van der Waals surface area contributed by atoms with Crippen LogP contribution in [0, 0.1) is 5.82 Å². The number of carbonyl (C=O) groups excluding carboxylic acids is 1. The SMILES string of the molecule is NCc1nc(C(=O)NCCCOc2ccc(F)cc2)cs1. The molecule has 5 nitrogen and oxygen atoms in total. The first-order valence-electron chi connectivity index (χ1n) is 6.50. The number of thiazole rings is 1. The number of nitrogens with two attached hydrogens (primary N) is 1. The van der Waals surface area contributed by atoms with Crippen molar-refractivity contribution < 1.29 is 13.9 Å². The molecule has 1 amide bonds. The second kappa shape index (κ2) is 7.70. The highest BCUT2D eigenvalue weighted by Gasteiger charge is 2.09. The standard InChI is InChI=1S/C14H16FN3O2S/c15-10-2-4-11(5-3-10)20-7-1-6-17-14(19)12-9-21-13(8-16)18-12/h2-5,9H,1,6-8,16H2,(H,17,19). The molecule has 7 heteroatoms. The van der Waals surface area contributed by atoms with Gasteiger partial charge in [0.1, 0.15) is 22.3 Å². The Hall–Kier alpha value is -1.99. The predicted molar refractivity (Wildman–Crippen MR) is 78.9 cm³/mol. The molecule has 0 aliphatic heterocycles. The summed E-state index contributed by atoms with van der Waals surface area (Å²) in [7, 11) is 0. The zero-order valence-corrected chi connectivity index (χ0v) is 12.2. The molecule has 0 saturated heterocycles. The van der Waals surface area contributed by atoms with Gasteiger partial charge in [-0.25, -0.2) is 9.37 Å². The Bertz CT molecular complexity index is 586. The number of aromatic nitrogens is 1. The van der Waals surface area contributed by atoms with Crippen molar-refractivity contribution in [2.75, 3.05) is 13.2 Å². The quantitative estimate of drug-likeness (QED) is 0.766. The number of hydrogen-bond acceptors (Lipinski definition) is 5. The summed E-state index contributed by atoms with van der Waals surface area (Å²) < 4.78 is 18.1. The minimum absolute atomic E-state index is 0.215. The maximum atomic E-state index is 12.7. The van der Waals surface area contributed by atoms with Gasteiger partial charge in [-0.3, -0.25) is 4.79 Å². The first-order chi connectivity index (χ1) is 10.2. The maximum Gasteiger partial charge on any atom is 0.270 e. The van der Waals surface area contributed by atoms with Crippen molar-refractivity contribution in [3.63, 3.8) is 0 Å². The summed E-state index contributed by atoms with van der Waals surface area (Å²) in [6.45, 7) is 1.26. The third-order valence-corrected chi connectivity index (χ3v) is 3.52. The van der Waals surface area contributed by atoms with Crippen LogP contribution in [0.4, 0.5) is 4.39 Å². The number of amides is 1. The van der Waals surface area contributed by atoms with Crippen LogP contribution in [0.1, 0.15) is 21.9 Å². The minimum atomic E-state index is -0.297. The second-order valence-electron chi connectivity index (χ2n) is 4.24. The van der Waals surface area contributed by atoms with Crippen LogP contribution in [0.3, 0.4) is 0 Å². The number of halogens is 1. The molecular weight excluding hydrogens is 293 g/mol. The van der Waals surface area contributed by atoms with Crippen LogP contribution in [-0.2, 0) is 6.54 Å². The average Bonchev–Trinajstić information content (AvgIpc) is 2.98. The predicted octanol–water partition coefficient (Wildman–Crippen LogP) is 1.94. The molecule has 21 heavy (non-hydrogen) atoms. The molecule has 0 aliphatic carbocycles. The van der Waals surface area contributed by atoms with E-state index in [1.54, 1.807) is 17.5 Å². The normalized spacial score (nSPS) is 10.4. The number of hydrogen-bond donors (Lipinski definition) is 2. The van der Waals surface area contributed by atoms with E-state index >= 15 is 0 Å². The maximum absolute atomic E-state index is 12.7. The number of carbonyl (C=O) groups is 1. The van der Waals surface area contributed by atoms with Crippen LogP contribution in [0.2, 0.25) is 0 Å². The van der Waals surface area contributed by atoms with Gasteiger partial charge in [0, 0.05) is 18.5 Å². The van der Waals surface area contributed by atoms with E-state index in [-0.39, 0.29) is 11.7 Å². The smallest absolute Gasteiger partial charge is 0.270 e. The van der Waals surface area contributed by atoms with Crippen molar-refractivity contribution in [1.29, 1.82) is 0 Å². The van der Waals surface area contributed by atoms with Gasteiger partial charge in [-0.2, -0.15) is 0 Å². The Kier molecular flexibility index (Phi) is 5.65. The second-order valence-corrected chi connectivity index (χ2v) is 5.19. The van der Waals surface area contributed by atoms with E-state index in [0.29, 0.717) is 37.6 Å². The topological polar surface area (TPSA) is 77.2 Å². The van der Waals surface area contributed by atoms with Gasteiger partial charge in [-0.05, 0) is 30.7 Å². The van der Waals surface area contributed by atoms with E-state index < -0.39 is 0 Å². The van der Waals surface area contributed by atoms with Crippen molar-refractivity contribution in [2.24, 2.45) is 5.73 Å². The zero-order chi connectivity index (χ0) is 15.1. The summed E-state index contributed by atoms with van der Waals surface area (Å²) in [5.74, 6) is 0.0947. The molecule has 2 rings (SSSR count). The minimum Gasteiger partial charge on any atom is -0.494 e. The molecule has 3 N–H and O–H groups in total. The lowest BCUT2D eigenvalue weighted by Gasteiger charge is -2.06. The molecule has 0 radical (unpaired) electrons. The van der Waals surface area contributed by atoms with Crippen molar-refractivity contribution in [2.45, 2.75) is 13.0 Å². The number of rotatable bonds is 7. The van der Waals surface area contributed by atoms with Gasteiger partial charge in [0.25, 0.3) is 5.91 Å². The Morgan fingerprint density at radius 2 is 2.14 bits per heavy atom. The highest BCUT2D eigenvalue weighted by Crippen LogP contribution is 2.11. The van der Waals surface area contributed by atoms with E-state index in [4.69, 9.17) is 10.5 Å². The van der Waals surface area contributed by atoms with E-state index in [9.17, 15) is 9.18 Å². The Morgan fingerprint density at radius 3 is 2.81 bits per heavy atom. The molecule has 1 aromatic heterocycles. The molecular formula is C14H16FN3O2S. The van der Waals surface area contributed by atoms with Gasteiger partial charge >= 0.3 is 0 Å². The van der Waals surface area contributed by atoms with Crippen LogP contribution >= 0.6 is 11.3 Å². The molecule has 0 bridgehead atoms. The highest BCUT2D eigenvalue weighted by molar-refractivity contribution is 7.09. The third-order valence-electron chi connectivity index (χ3n) is 2.65. The molecule has 112 valence electrons. The average molecular weight is 309 g/mol. The number of nitrogens with zero attached hydrogens (tertiary/aromatic N) is 1. The fourth-order valence-corrected chi connectivity index (χ4v) is 2.25. The summed E-state index contributed by atoms with van der Waals surface area (Å²) in [6, 6.07) is 5.82. The molecule has 1 aromatic carbocycles. The summed E-state index contributed by atoms with van der Waals surface area (Å²) in [5, 5.41) is 5.18. The Labute approximate surface area is 126 Å². The van der Waals surface area contributed by atoms with Crippen LogP contribution in [0.15, 0.2) is 29.6 Å². The van der Waals surface area contributed by atoms with Crippen LogP contribution in [0.25, 0.3) is 0 Å². The summed E-state index contributed by atoms with van der Waals surface area (Å²) in [6.07, 6.45) is 0.650. The van der Waals surface area contributed by atoms with E-state index in [2.05, 4.69) is 10.3 Å². The summed E-state index contributed by atoms with van der Waals surface area (Å²) in [4.78, 5) is 15.9. The van der Waals surface area contributed by atoms with Gasteiger partial charge in [0.15, 0.2) is 0 Å². The van der Waals surface area contributed by atoms with Crippen molar-refractivity contribution in [3.05, 3.63) is 46.2 Å². The molecule has 2 aromatic rings. The molecule has 0 spiro atoms. The largest absolute Gasteiger partial charge is 0.494 e. The van der Waals surface area contributed by atoms with E-state index in [1.165, 1.54) is 23.5 Å². The molecule has 0 aliphatic rings. The molecule has 0 atom stereocenters. The summed E-state index contributed by atoms with van der Waals surface area (Å²) >= 11 is 1.37. The molecule has 0 saturated carbocycles. The molecule has 0 fully saturated rings. The first-order valence-corrected chi connectivity index (χ1v) is 7.38. The Balaban J connectivity index is 1.65.